The minimum atomic E-state index is -0.123. The van der Waals surface area contributed by atoms with Crippen LogP contribution >= 0.6 is 34.5 Å². The second-order valence-electron chi connectivity index (χ2n) is 11.5. The molecule has 0 aliphatic heterocycles. The molecule has 1 aliphatic rings. The lowest BCUT2D eigenvalue weighted by molar-refractivity contribution is 0.102. The Bertz CT molecular complexity index is 1610. The van der Waals surface area contributed by atoms with Crippen molar-refractivity contribution in [3.63, 3.8) is 0 Å². The molecular formula is C34H34Cl2N2O3S. The summed E-state index contributed by atoms with van der Waals surface area (Å²) >= 11 is 13.9. The number of rotatable bonds is 8. The molecule has 8 heteroatoms. The fraction of sp³-hybridized carbons (Fsp3) is 0.294. The van der Waals surface area contributed by atoms with Crippen LogP contribution in [0.25, 0.3) is 0 Å². The molecule has 5 nitrogen and oxygen atoms in total. The van der Waals surface area contributed by atoms with Crippen molar-refractivity contribution in [2.75, 3.05) is 12.4 Å². The topological polar surface area (TPSA) is 59.9 Å². The van der Waals surface area contributed by atoms with Crippen LogP contribution in [0.4, 0.5) is 10.7 Å². The number of hydrogen-bond donors (Lipinski definition) is 1. The molecule has 4 aromatic rings. The number of fused-ring (bicyclic) bond motifs is 1. The van der Waals surface area contributed by atoms with E-state index in [0.717, 1.165) is 46.6 Å². The van der Waals surface area contributed by atoms with Crippen molar-refractivity contribution in [2.45, 2.75) is 46.6 Å². The van der Waals surface area contributed by atoms with Gasteiger partial charge in [0.2, 0.25) is 0 Å². The summed E-state index contributed by atoms with van der Waals surface area (Å²) < 4.78 is 11.6. The monoisotopic (exact) mass is 620 g/mol. The van der Waals surface area contributed by atoms with Crippen molar-refractivity contribution in [1.29, 1.82) is 0 Å². The normalized spacial score (nSPS) is 15.0. The number of ether oxygens (including phenoxy) is 2. The van der Waals surface area contributed by atoms with Gasteiger partial charge in [0.05, 0.1) is 12.7 Å². The van der Waals surface area contributed by atoms with Gasteiger partial charge in [-0.25, -0.2) is 4.99 Å². The molecule has 1 aromatic heterocycles. The molecule has 0 saturated heterocycles. The highest BCUT2D eigenvalue weighted by Gasteiger charge is 2.33. The summed E-state index contributed by atoms with van der Waals surface area (Å²) in [5.41, 5.74) is 4.43. The van der Waals surface area contributed by atoms with E-state index < -0.39 is 0 Å². The SMILES string of the molecule is COc1cc(C=Nc2sc3c(c2C(=O)Nc2ccccc2)CC[C@H](C(C)(C)C)C3)ccc1OCc1ccc(Cl)cc1Cl. The number of carbonyl (C=O) groups is 1. The van der Waals surface area contributed by atoms with Gasteiger partial charge in [-0.05, 0) is 84.2 Å². The number of halogens is 2. The molecule has 1 aliphatic carbocycles. The molecule has 218 valence electrons. The smallest absolute Gasteiger partial charge is 0.259 e. The second-order valence-corrected chi connectivity index (χ2v) is 13.4. The van der Waals surface area contributed by atoms with Gasteiger partial charge in [0.1, 0.15) is 11.6 Å². The first-order chi connectivity index (χ1) is 20.1. The van der Waals surface area contributed by atoms with Crippen LogP contribution in [0.3, 0.4) is 0 Å². The van der Waals surface area contributed by atoms with Crippen LogP contribution in [0, 0.1) is 11.3 Å². The Morgan fingerprint density at radius 2 is 1.86 bits per heavy atom. The number of nitrogens with zero attached hydrogens (tertiary/aromatic N) is 1. The van der Waals surface area contributed by atoms with Crippen molar-refractivity contribution in [3.8, 4) is 11.5 Å². The summed E-state index contributed by atoms with van der Waals surface area (Å²) in [5, 5.41) is 4.92. The summed E-state index contributed by atoms with van der Waals surface area (Å²) in [5.74, 6) is 1.60. The molecule has 0 spiro atoms. The number of nitrogens with one attached hydrogen (secondary N) is 1. The summed E-state index contributed by atoms with van der Waals surface area (Å²) in [6.45, 7) is 7.16. The first-order valence-electron chi connectivity index (χ1n) is 13.9. The van der Waals surface area contributed by atoms with E-state index in [1.165, 1.54) is 4.88 Å². The lowest BCUT2D eigenvalue weighted by Gasteiger charge is -2.33. The van der Waals surface area contributed by atoms with Crippen LogP contribution in [0.5, 0.6) is 11.5 Å². The number of anilines is 1. The van der Waals surface area contributed by atoms with E-state index in [1.807, 2.05) is 54.6 Å². The van der Waals surface area contributed by atoms with E-state index in [4.69, 9.17) is 37.7 Å². The molecule has 0 bridgehead atoms. The first-order valence-corrected chi connectivity index (χ1v) is 15.5. The van der Waals surface area contributed by atoms with E-state index in [0.29, 0.717) is 33.0 Å². The zero-order valence-corrected chi connectivity index (χ0v) is 26.5. The fourth-order valence-electron chi connectivity index (χ4n) is 5.16. The Labute approximate surface area is 261 Å². The number of amides is 1. The van der Waals surface area contributed by atoms with Crippen LogP contribution in [-0.2, 0) is 19.4 Å². The zero-order valence-electron chi connectivity index (χ0n) is 24.2. The van der Waals surface area contributed by atoms with Crippen molar-refractivity contribution < 1.29 is 14.3 Å². The molecule has 1 atom stereocenters. The van der Waals surface area contributed by atoms with Gasteiger partial charge in [-0.1, -0.05) is 68.2 Å². The standard InChI is InChI=1S/C34H34Cl2N2O3S/c1-34(2,3)23-12-14-26-30(17-23)42-33(31(26)32(39)38-25-8-6-5-7-9-25)37-19-21-10-15-28(29(16-21)40-4)41-20-22-11-13-24(35)18-27(22)36/h5-11,13,15-16,18-19,23H,12,14,17,20H2,1-4H3,(H,38,39)/t23-/m0/s1. The van der Waals surface area contributed by atoms with Gasteiger partial charge in [-0.2, -0.15) is 0 Å². The Morgan fingerprint density at radius 1 is 1.07 bits per heavy atom. The highest BCUT2D eigenvalue weighted by Crippen LogP contribution is 2.45. The first kappa shape index (κ1) is 30.1. The Hall–Kier alpha value is -3.32. The van der Waals surface area contributed by atoms with Crippen LogP contribution in [0.2, 0.25) is 10.0 Å². The van der Waals surface area contributed by atoms with Crippen LogP contribution in [0.1, 0.15) is 59.1 Å². The third kappa shape index (κ3) is 7.00. The number of methoxy groups -OCH3 is 1. The fourth-order valence-corrected chi connectivity index (χ4v) is 6.89. The van der Waals surface area contributed by atoms with Crippen molar-refractivity contribution in [2.24, 2.45) is 16.3 Å². The maximum absolute atomic E-state index is 13.6. The summed E-state index contributed by atoms with van der Waals surface area (Å²) in [4.78, 5) is 19.7. The van der Waals surface area contributed by atoms with Crippen molar-refractivity contribution >= 4 is 57.3 Å². The molecule has 1 heterocycles. The van der Waals surface area contributed by atoms with Gasteiger partial charge < -0.3 is 14.8 Å². The van der Waals surface area contributed by atoms with Crippen molar-refractivity contribution in [3.05, 3.63) is 104 Å². The Morgan fingerprint density at radius 3 is 2.57 bits per heavy atom. The predicted molar refractivity (Wildman–Crippen MR) is 175 cm³/mol. The van der Waals surface area contributed by atoms with Gasteiger partial charge in [0.25, 0.3) is 5.91 Å². The maximum Gasteiger partial charge on any atom is 0.259 e. The van der Waals surface area contributed by atoms with E-state index in [1.54, 1.807) is 36.8 Å². The third-order valence-corrected chi connectivity index (χ3v) is 9.40. The van der Waals surface area contributed by atoms with Gasteiger partial charge in [-0.3, -0.25) is 4.79 Å². The molecule has 0 unspecified atom stereocenters. The van der Waals surface area contributed by atoms with Gasteiger partial charge >= 0.3 is 0 Å². The van der Waals surface area contributed by atoms with Crippen LogP contribution < -0.4 is 14.8 Å². The van der Waals surface area contributed by atoms with Crippen LogP contribution in [0.15, 0.2) is 71.7 Å². The lowest BCUT2D eigenvalue weighted by atomic mass is 9.72. The summed E-state index contributed by atoms with van der Waals surface area (Å²) in [7, 11) is 1.60. The Kier molecular flexibility index (Phi) is 9.26. The zero-order chi connectivity index (χ0) is 29.9. The number of aliphatic imine (C=N–C) groups is 1. The highest BCUT2D eigenvalue weighted by atomic mass is 35.5. The van der Waals surface area contributed by atoms with Gasteiger partial charge in [0, 0.05) is 32.4 Å². The quantitative estimate of drug-likeness (QED) is 0.199. The predicted octanol–water partition coefficient (Wildman–Crippen LogP) is 9.80. The molecule has 1 N–H and O–H groups in total. The number of hydrogen-bond acceptors (Lipinski definition) is 5. The average molecular weight is 622 g/mol. The number of benzene rings is 3. The van der Waals surface area contributed by atoms with Gasteiger partial charge in [-0.15, -0.1) is 11.3 Å². The van der Waals surface area contributed by atoms with Crippen molar-refractivity contribution in [1.82, 2.24) is 0 Å². The Balaban J connectivity index is 1.41. The summed E-state index contributed by atoms with van der Waals surface area (Å²) in [6.07, 6.45) is 4.67. The van der Waals surface area contributed by atoms with Gasteiger partial charge in [0.15, 0.2) is 11.5 Å². The van der Waals surface area contributed by atoms with E-state index in [-0.39, 0.29) is 17.9 Å². The maximum atomic E-state index is 13.6. The minimum absolute atomic E-state index is 0.123. The van der Waals surface area contributed by atoms with E-state index in [2.05, 4.69) is 26.1 Å². The molecule has 0 fully saturated rings. The number of para-hydroxylation sites is 1. The largest absolute Gasteiger partial charge is 0.493 e. The van der Waals surface area contributed by atoms with Crippen LogP contribution in [-0.4, -0.2) is 19.2 Å². The minimum Gasteiger partial charge on any atom is -0.493 e. The van der Waals surface area contributed by atoms with E-state index in [9.17, 15) is 4.79 Å². The number of thiophene rings is 1. The highest BCUT2D eigenvalue weighted by molar-refractivity contribution is 7.16. The molecule has 0 saturated carbocycles. The molecule has 42 heavy (non-hydrogen) atoms. The molecular weight excluding hydrogens is 587 g/mol. The van der Waals surface area contributed by atoms with E-state index >= 15 is 0 Å². The lowest BCUT2D eigenvalue weighted by Crippen LogP contribution is -2.27. The molecule has 3 aromatic carbocycles. The second kappa shape index (κ2) is 12.9. The summed E-state index contributed by atoms with van der Waals surface area (Å²) in [6, 6.07) is 20.5. The molecule has 5 rings (SSSR count). The third-order valence-electron chi connectivity index (χ3n) is 7.65. The molecule has 1 amide bonds. The molecule has 0 radical (unpaired) electrons. The average Bonchev–Trinajstić information content (AvgIpc) is 3.34. The number of carbonyl (C=O) groups excluding carboxylic acids is 1.